The molecule has 2 heterocycles. The van der Waals surface area contributed by atoms with E-state index in [1.807, 2.05) is 12.1 Å². The zero-order valence-electron chi connectivity index (χ0n) is 9.60. The minimum Gasteiger partial charge on any atom is -0.497 e. The Balaban J connectivity index is 1.89. The number of methoxy groups -OCH3 is 1. The van der Waals surface area contributed by atoms with Gasteiger partial charge in [-0.05, 0) is 43.5 Å². The van der Waals surface area contributed by atoms with Crippen LogP contribution in [0, 0.1) is 0 Å². The average molecular weight is 215 g/mol. The molecule has 0 aromatic heterocycles. The highest BCUT2D eigenvalue weighted by molar-refractivity contribution is 5.53. The van der Waals surface area contributed by atoms with Crippen molar-refractivity contribution in [1.82, 2.24) is 0 Å². The van der Waals surface area contributed by atoms with Crippen LogP contribution in [0.5, 0.6) is 5.75 Å². The van der Waals surface area contributed by atoms with Crippen LogP contribution in [0.15, 0.2) is 36.4 Å². The number of hydrogen-bond acceptors (Lipinski definition) is 2. The van der Waals surface area contributed by atoms with Crippen LogP contribution in [0.2, 0.25) is 0 Å². The molecule has 0 aliphatic carbocycles. The van der Waals surface area contributed by atoms with Crippen molar-refractivity contribution in [3.63, 3.8) is 0 Å². The van der Waals surface area contributed by atoms with Crippen molar-refractivity contribution in [2.24, 2.45) is 0 Å². The van der Waals surface area contributed by atoms with Gasteiger partial charge in [-0.25, -0.2) is 0 Å². The Bertz CT molecular complexity index is 396. The summed E-state index contributed by atoms with van der Waals surface area (Å²) in [7, 11) is 1.71. The van der Waals surface area contributed by atoms with Crippen LogP contribution in [0.4, 0.5) is 5.69 Å². The Morgan fingerprint density at radius 3 is 2.69 bits per heavy atom. The first kappa shape index (κ1) is 9.76. The van der Waals surface area contributed by atoms with Crippen LogP contribution in [0.25, 0.3) is 0 Å². The Morgan fingerprint density at radius 1 is 1.19 bits per heavy atom. The van der Waals surface area contributed by atoms with Crippen LogP contribution >= 0.6 is 0 Å². The summed E-state index contributed by atoms with van der Waals surface area (Å²) in [5, 5.41) is 0. The van der Waals surface area contributed by atoms with Crippen molar-refractivity contribution in [1.29, 1.82) is 0 Å². The molecule has 84 valence electrons. The maximum atomic E-state index is 5.19. The fraction of sp³-hybridized carbons (Fsp3) is 0.429. The number of ether oxygens (including phenoxy) is 1. The van der Waals surface area contributed by atoms with Crippen molar-refractivity contribution in [3.8, 4) is 5.75 Å². The Kier molecular flexibility index (Phi) is 2.35. The van der Waals surface area contributed by atoms with E-state index in [2.05, 4.69) is 29.2 Å². The lowest BCUT2D eigenvalue weighted by Gasteiger charge is -2.33. The van der Waals surface area contributed by atoms with Gasteiger partial charge in [0.25, 0.3) is 0 Å². The molecule has 16 heavy (non-hydrogen) atoms. The third kappa shape index (κ3) is 1.49. The third-order valence-electron chi connectivity index (χ3n) is 3.68. The van der Waals surface area contributed by atoms with E-state index in [4.69, 9.17) is 4.74 Å². The Morgan fingerprint density at radius 2 is 2.00 bits per heavy atom. The molecule has 0 radical (unpaired) electrons. The number of nitrogens with zero attached hydrogens (tertiary/aromatic N) is 1. The van der Waals surface area contributed by atoms with Crippen LogP contribution in [0.3, 0.4) is 0 Å². The molecule has 0 amide bonds. The number of benzene rings is 1. The molecule has 2 aliphatic rings. The average Bonchev–Trinajstić information content (AvgIpc) is 2.59. The van der Waals surface area contributed by atoms with Gasteiger partial charge in [-0.15, -0.1) is 0 Å². The zero-order chi connectivity index (χ0) is 11.0. The standard InChI is InChI=1S/C14H17NO/c1-16-14-9-7-13(8-10-14)15-11-3-2-4-12(15)6-5-11/h2-3,7-12H,4-6H2,1H3. The van der Waals surface area contributed by atoms with Gasteiger partial charge in [-0.1, -0.05) is 12.2 Å². The summed E-state index contributed by atoms with van der Waals surface area (Å²) in [6.45, 7) is 0. The second-order valence-electron chi connectivity index (χ2n) is 4.57. The van der Waals surface area contributed by atoms with Crippen molar-refractivity contribution in [2.45, 2.75) is 31.3 Å². The van der Waals surface area contributed by atoms with E-state index < -0.39 is 0 Å². The normalized spacial score (nSPS) is 27.2. The summed E-state index contributed by atoms with van der Waals surface area (Å²) in [6, 6.07) is 9.77. The summed E-state index contributed by atoms with van der Waals surface area (Å²) in [5.74, 6) is 0.934. The second kappa shape index (κ2) is 3.85. The maximum Gasteiger partial charge on any atom is 0.119 e. The summed E-state index contributed by atoms with van der Waals surface area (Å²) in [5.41, 5.74) is 1.33. The number of hydrogen-bond donors (Lipinski definition) is 0. The zero-order valence-corrected chi connectivity index (χ0v) is 9.60. The summed E-state index contributed by atoms with van der Waals surface area (Å²) in [6.07, 6.45) is 8.51. The quantitative estimate of drug-likeness (QED) is 0.703. The topological polar surface area (TPSA) is 12.5 Å². The second-order valence-corrected chi connectivity index (χ2v) is 4.57. The molecular formula is C14H17NO. The molecule has 2 bridgehead atoms. The van der Waals surface area contributed by atoms with Gasteiger partial charge in [0.1, 0.15) is 5.75 Å². The summed E-state index contributed by atoms with van der Waals surface area (Å²) >= 11 is 0. The SMILES string of the molecule is COc1ccc(N2C3C=CCC2CC3)cc1. The predicted octanol–water partition coefficient (Wildman–Crippen LogP) is 2.99. The molecule has 1 fully saturated rings. The maximum absolute atomic E-state index is 5.19. The summed E-state index contributed by atoms with van der Waals surface area (Å²) < 4.78 is 5.19. The van der Waals surface area contributed by atoms with Gasteiger partial charge in [-0.2, -0.15) is 0 Å². The molecule has 2 aliphatic heterocycles. The van der Waals surface area contributed by atoms with Crippen LogP contribution in [0.1, 0.15) is 19.3 Å². The fourth-order valence-corrected chi connectivity index (χ4v) is 2.88. The van der Waals surface area contributed by atoms with E-state index in [9.17, 15) is 0 Å². The third-order valence-corrected chi connectivity index (χ3v) is 3.68. The molecule has 2 atom stereocenters. The summed E-state index contributed by atoms with van der Waals surface area (Å²) in [4.78, 5) is 2.56. The van der Waals surface area contributed by atoms with Crippen LogP contribution < -0.4 is 9.64 Å². The van der Waals surface area contributed by atoms with Crippen LogP contribution in [-0.2, 0) is 0 Å². The molecule has 3 rings (SSSR count). The highest BCUT2D eigenvalue weighted by Crippen LogP contribution is 2.36. The molecule has 1 aromatic rings. The number of fused-ring (bicyclic) bond motifs is 2. The lowest BCUT2D eigenvalue weighted by molar-refractivity contribution is 0.414. The monoisotopic (exact) mass is 215 g/mol. The highest BCUT2D eigenvalue weighted by atomic mass is 16.5. The first-order valence-electron chi connectivity index (χ1n) is 5.97. The fourth-order valence-electron chi connectivity index (χ4n) is 2.88. The smallest absolute Gasteiger partial charge is 0.119 e. The lowest BCUT2D eigenvalue weighted by atomic mass is 10.1. The predicted molar refractivity (Wildman–Crippen MR) is 66.0 cm³/mol. The van der Waals surface area contributed by atoms with Gasteiger partial charge in [0, 0.05) is 17.8 Å². The first-order valence-corrected chi connectivity index (χ1v) is 5.97. The van der Waals surface area contributed by atoms with E-state index in [1.54, 1.807) is 7.11 Å². The van der Waals surface area contributed by atoms with Crippen molar-refractivity contribution < 1.29 is 4.74 Å². The van der Waals surface area contributed by atoms with E-state index in [0.29, 0.717) is 12.1 Å². The Labute approximate surface area is 96.5 Å². The van der Waals surface area contributed by atoms with E-state index in [1.165, 1.54) is 24.9 Å². The van der Waals surface area contributed by atoms with Gasteiger partial charge in [-0.3, -0.25) is 0 Å². The van der Waals surface area contributed by atoms with Gasteiger partial charge in [0.15, 0.2) is 0 Å². The minimum atomic E-state index is 0.618. The van der Waals surface area contributed by atoms with E-state index in [-0.39, 0.29) is 0 Å². The molecule has 1 saturated heterocycles. The van der Waals surface area contributed by atoms with Gasteiger partial charge >= 0.3 is 0 Å². The lowest BCUT2D eigenvalue weighted by Crippen LogP contribution is -2.37. The highest BCUT2D eigenvalue weighted by Gasteiger charge is 2.33. The Hall–Kier alpha value is -1.44. The van der Waals surface area contributed by atoms with Crippen molar-refractivity contribution >= 4 is 5.69 Å². The molecule has 0 spiro atoms. The largest absolute Gasteiger partial charge is 0.497 e. The van der Waals surface area contributed by atoms with Crippen LogP contribution in [-0.4, -0.2) is 19.2 Å². The molecule has 0 N–H and O–H groups in total. The van der Waals surface area contributed by atoms with Gasteiger partial charge in [0.05, 0.1) is 7.11 Å². The van der Waals surface area contributed by atoms with E-state index >= 15 is 0 Å². The minimum absolute atomic E-state index is 0.618. The molecule has 2 heteroatoms. The molecule has 2 unspecified atom stereocenters. The molecular weight excluding hydrogens is 198 g/mol. The van der Waals surface area contributed by atoms with E-state index in [0.717, 1.165) is 5.75 Å². The number of anilines is 1. The molecule has 2 nitrogen and oxygen atoms in total. The van der Waals surface area contributed by atoms with Crippen molar-refractivity contribution in [3.05, 3.63) is 36.4 Å². The van der Waals surface area contributed by atoms with Gasteiger partial charge < -0.3 is 9.64 Å². The molecule has 0 saturated carbocycles. The van der Waals surface area contributed by atoms with Gasteiger partial charge in [0.2, 0.25) is 0 Å². The first-order chi connectivity index (χ1) is 7.88. The number of rotatable bonds is 2. The van der Waals surface area contributed by atoms with Crippen molar-refractivity contribution in [2.75, 3.05) is 12.0 Å². The molecule has 1 aromatic carbocycles.